The van der Waals surface area contributed by atoms with Crippen LogP contribution in [0.3, 0.4) is 0 Å². The van der Waals surface area contributed by atoms with Gasteiger partial charge in [0.2, 0.25) is 23.6 Å². The van der Waals surface area contributed by atoms with E-state index in [4.69, 9.17) is 5.73 Å². The van der Waals surface area contributed by atoms with Crippen LogP contribution < -0.4 is 11.1 Å². The summed E-state index contributed by atoms with van der Waals surface area (Å²) < 4.78 is 0. The van der Waals surface area contributed by atoms with Crippen LogP contribution in [0.2, 0.25) is 0 Å². The third kappa shape index (κ3) is 5.68. The number of aromatic hydroxyl groups is 1. The molecular weight excluding hydrogens is 428 g/mol. The van der Waals surface area contributed by atoms with E-state index in [9.17, 15) is 24.3 Å². The third-order valence-electron chi connectivity index (χ3n) is 5.70. The minimum absolute atomic E-state index is 0.0926. The molecule has 0 spiro atoms. The Labute approximate surface area is 191 Å². The van der Waals surface area contributed by atoms with E-state index in [0.29, 0.717) is 5.69 Å². The van der Waals surface area contributed by atoms with E-state index in [1.807, 2.05) is 0 Å². The van der Waals surface area contributed by atoms with Crippen molar-refractivity contribution >= 4 is 23.6 Å². The maximum atomic E-state index is 13.2. The van der Waals surface area contributed by atoms with Gasteiger partial charge in [-0.25, -0.2) is 4.98 Å². The highest BCUT2D eigenvalue weighted by atomic mass is 16.3. The number of rotatable bonds is 8. The maximum Gasteiger partial charge on any atom is 0.246 e. The zero-order valence-corrected chi connectivity index (χ0v) is 18.5. The summed E-state index contributed by atoms with van der Waals surface area (Å²) in [5, 5.41) is 12.1. The smallest absolute Gasteiger partial charge is 0.246 e. The number of benzene rings is 1. The van der Waals surface area contributed by atoms with Crippen molar-refractivity contribution in [3.8, 4) is 5.75 Å². The van der Waals surface area contributed by atoms with Gasteiger partial charge < -0.3 is 30.9 Å². The molecule has 1 aliphatic rings. The second-order valence-corrected chi connectivity index (χ2v) is 8.06. The zero-order chi connectivity index (χ0) is 24.1. The number of nitrogens with zero attached hydrogens (tertiary/aromatic N) is 3. The first-order chi connectivity index (χ1) is 15.7. The number of carbonyl (C=O) groups excluding carboxylic acids is 4. The van der Waals surface area contributed by atoms with Gasteiger partial charge in [0.15, 0.2) is 0 Å². The van der Waals surface area contributed by atoms with Crippen molar-refractivity contribution in [2.45, 2.75) is 44.8 Å². The van der Waals surface area contributed by atoms with Gasteiger partial charge >= 0.3 is 0 Å². The van der Waals surface area contributed by atoms with Crippen LogP contribution in [0.1, 0.15) is 25.1 Å². The molecule has 1 fully saturated rings. The van der Waals surface area contributed by atoms with Crippen LogP contribution in [0, 0.1) is 0 Å². The molecule has 33 heavy (non-hydrogen) atoms. The summed E-state index contributed by atoms with van der Waals surface area (Å²) >= 11 is 0. The minimum atomic E-state index is -0.891. The molecule has 0 radical (unpaired) electrons. The number of phenols is 1. The van der Waals surface area contributed by atoms with Gasteiger partial charge in [-0.2, -0.15) is 0 Å². The fourth-order valence-electron chi connectivity index (χ4n) is 3.98. The molecular formula is C22H28N6O5. The third-order valence-corrected chi connectivity index (χ3v) is 5.70. The number of hydrogen-bond acceptors (Lipinski definition) is 6. The van der Waals surface area contributed by atoms with Gasteiger partial charge in [-0.1, -0.05) is 12.1 Å². The van der Waals surface area contributed by atoms with E-state index in [2.05, 4.69) is 15.3 Å². The molecule has 1 saturated heterocycles. The average molecular weight is 457 g/mol. The van der Waals surface area contributed by atoms with Crippen molar-refractivity contribution in [2.24, 2.45) is 5.73 Å². The van der Waals surface area contributed by atoms with E-state index in [0.717, 1.165) is 5.56 Å². The molecule has 3 rings (SSSR count). The molecule has 2 aromatic rings. The number of carbonyl (C=O) groups is 4. The van der Waals surface area contributed by atoms with Crippen molar-refractivity contribution in [2.75, 3.05) is 13.1 Å². The predicted octanol–water partition coefficient (Wildman–Crippen LogP) is -0.682. The summed E-state index contributed by atoms with van der Waals surface area (Å²) in [5.74, 6) is -1.73. The number of imidazole rings is 1. The molecule has 1 aromatic carbocycles. The monoisotopic (exact) mass is 456 g/mol. The van der Waals surface area contributed by atoms with Crippen LogP contribution in [-0.2, 0) is 32.0 Å². The zero-order valence-electron chi connectivity index (χ0n) is 18.5. The molecule has 5 N–H and O–H groups in total. The van der Waals surface area contributed by atoms with E-state index in [1.165, 1.54) is 35.2 Å². The molecule has 11 nitrogen and oxygen atoms in total. The number of nitrogens with two attached hydrogens (primary N) is 1. The second-order valence-electron chi connectivity index (χ2n) is 8.06. The molecule has 0 aliphatic carbocycles. The van der Waals surface area contributed by atoms with Gasteiger partial charge in [-0.15, -0.1) is 0 Å². The van der Waals surface area contributed by atoms with E-state index >= 15 is 0 Å². The van der Waals surface area contributed by atoms with Crippen molar-refractivity contribution in [3.63, 3.8) is 0 Å². The van der Waals surface area contributed by atoms with Crippen LogP contribution in [-0.4, -0.2) is 79.7 Å². The number of aromatic amines is 1. The van der Waals surface area contributed by atoms with Gasteiger partial charge in [0.05, 0.1) is 6.33 Å². The molecule has 1 aromatic heterocycles. The number of hydrogen-bond donors (Lipinski definition) is 4. The quantitative estimate of drug-likeness (QED) is 0.411. The number of H-pyrrole nitrogens is 1. The number of nitrogens with one attached hydrogen (secondary N) is 2. The highest BCUT2D eigenvalue weighted by molar-refractivity contribution is 5.94. The Kier molecular flexibility index (Phi) is 7.31. The first-order valence-corrected chi connectivity index (χ1v) is 10.6. The summed E-state index contributed by atoms with van der Waals surface area (Å²) in [6, 6.07) is 3.71. The summed E-state index contributed by atoms with van der Waals surface area (Å²) in [6.45, 7) is 3.22. The number of piperazine rings is 1. The topological polar surface area (TPSA) is 162 Å². The van der Waals surface area contributed by atoms with E-state index in [-0.39, 0.29) is 37.6 Å². The average Bonchev–Trinajstić information content (AvgIpc) is 3.27. The van der Waals surface area contributed by atoms with Crippen molar-refractivity contribution in [1.82, 2.24) is 25.1 Å². The fraction of sp³-hybridized carbons (Fsp3) is 0.409. The van der Waals surface area contributed by atoms with Crippen LogP contribution >= 0.6 is 0 Å². The SMILES string of the molecule is CC(=O)NC(Cc1cnc[nH]1)C(=O)N1CCN(C(Cc2ccc(O)cc2)C(N)=O)C(=O)[C@@H]1C. The van der Waals surface area contributed by atoms with Gasteiger partial charge in [-0.05, 0) is 24.6 Å². The van der Waals surface area contributed by atoms with Crippen LogP contribution in [0.25, 0.3) is 0 Å². The Morgan fingerprint density at radius 2 is 1.94 bits per heavy atom. The van der Waals surface area contributed by atoms with Crippen LogP contribution in [0.4, 0.5) is 0 Å². The molecule has 176 valence electrons. The van der Waals surface area contributed by atoms with E-state index < -0.39 is 35.8 Å². The molecule has 0 saturated carbocycles. The first kappa shape index (κ1) is 23.8. The van der Waals surface area contributed by atoms with Crippen molar-refractivity contribution in [1.29, 1.82) is 0 Å². The van der Waals surface area contributed by atoms with Gasteiger partial charge in [-0.3, -0.25) is 19.2 Å². The molecule has 0 bridgehead atoms. The Balaban J connectivity index is 1.74. The van der Waals surface area contributed by atoms with Gasteiger partial charge in [0.25, 0.3) is 0 Å². The lowest BCUT2D eigenvalue weighted by Crippen LogP contribution is -2.64. The molecule has 1 aliphatic heterocycles. The number of amides is 4. The summed E-state index contributed by atoms with van der Waals surface area (Å²) in [5.41, 5.74) is 7.01. The number of aromatic nitrogens is 2. The van der Waals surface area contributed by atoms with Crippen LogP contribution in [0.15, 0.2) is 36.8 Å². The predicted molar refractivity (Wildman–Crippen MR) is 118 cm³/mol. The Hall–Kier alpha value is -3.89. The van der Waals surface area contributed by atoms with Crippen molar-refractivity contribution in [3.05, 3.63) is 48.0 Å². The molecule has 4 amide bonds. The number of phenolic OH excluding ortho intramolecular Hbond substituents is 1. The minimum Gasteiger partial charge on any atom is -0.508 e. The normalized spacial score (nSPS) is 18.0. The lowest BCUT2D eigenvalue weighted by atomic mass is 10.0. The first-order valence-electron chi connectivity index (χ1n) is 10.6. The molecule has 2 heterocycles. The number of primary amides is 1. The highest BCUT2D eigenvalue weighted by Gasteiger charge is 2.41. The summed E-state index contributed by atoms with van der Waals surface area (Å²) in [6.07, 6.45) is 3.43. The Morgan fingerprint density at radius 1 is 1.24 bits per heavy atom. The summed E-state index contributed by atoms with van der Waals surface area (Å²) in [7, 11) is 0. The Bertz CT molecular complexity index is 1010. The van der Waals surface area contributed by atoms with Gasteiger partial charge in [0.1, 0.15) is 23.9 Å². The fourth-order valence-corrected chi connectivity index (χ4v) is 3.98. The molecule has 3 atom stereocenters. The van der Waals surface area contributed by atoms with Crippen molar-refractivity contribution < 1.29 is 24.3 Å². The summed E-state index contributed by atoms with van der Waals surface area (Å²) in [4.78, 5) is 59.9. The van der Waals surface area contributed by atoms with Gasteiger partial charge in [0, 0.05) is 44.7 Å². The molecule has 2 unspecified atom stereocenters. The van der Waals surface area contributed by atoms with E-state index in [1.54, 1.807) is 25.3 Å². The standard InChI is InChI=1S/C22H28N6O5/c1-13-21(32)28(19(20(23)31)9-15-3-5-17(30)6-4-15)8-7-27(13)22(33)18(26-14(2)29)10-16-11-24-12-25-16/h3-6,11-13,18-19,30H,7-10H2,1-2H3,(H2,23,31)(H,24,25)(H,26,29)/t13-,18?,19?/m0/s1. The Morgan fingerprint density at radius 3 is 2.52 bits per heavy atom. The second kappa shape index (κ2) is 10.2. The lowest BCUT2D eigenvalue weighted by molar-refractivity contribution is -0.155. The largest absolute Gasteiger partial charge is 0.508 e. The molecule has 11 heteroatoms. The highest BCUT2D eigenvalue weighted by Crippen LogP contribution is 2.20. The maximum absolute atomic E-state index is 13.2. The lowest BCUT2D eigenvalue weighted by Gasteiger charge is -2.42. The van der Waals surface area contributed by atoms with Crippen LogP contribution in [0.5, 0.6) is 5.75 Å².